The van der Waals surface area contributed by atoms with Crippen molar-refractivity contribution in [2.45, 2.75) is 32.4 Å². The van der Waals surface area contributed by atoms with Gasteiger partial charge in [-0.3, -0.25) is 0 Å². The quantitative estimate of drug-likeness (QED) is 0.836. The van der Waals surface area contributed by atoms with E-state index < -0.39 is 0 Å². The van der Waals surface area contributed by atoms with Gasteiger partial charge in [0.25, 0.3) is 0 Å². The number of nitrogens with one attached hydrogen (secondary N) is 1. The third-order valence-electron chi connectivity index (χ3n) is 2.50. The van der Waals surface area contributed by atoms with E-state index in [9.17, 15) is 4.39 Å². The number of benzene rings is 1. The van der Waals surface area contributed by atoms with Crippen LogP contribution in [0.1, 0.15) is 25.8 Å². The van der Waals surface area contributed by atoms with E-state index in [1.807, 2.05) is 13.8 Å². The minimum Gasteiger partial charge on any atom is -0.396 e. The highest BCUT2D eigenvalue weighted by atomic mass is 35.5. The number of aliphatic hydroxyl groups excluding tert-OH is 1. The third-order valence-corrected chi connectivity index (χ3v) is 2.87. The zero-order valence-corrected chi connectivity index (χ0v) is 10.3. The first-order chi connectivity index (χ1) is 7.44. The molecule has 1 aromatic carbocycles. The molecular weight excluding hydrogens is 229 g/mol. The number of hydrogen-bond donors (Lipinski definition) is 2. The van der Waals surface area contributed by atoms with Crippen molar-refractivity contribution in [3.8, 4) is 0 Å². The van der Waals surface area contributed by atoms with Crippen molar-refractivity contribution in [3.63, 3.8) is 0 Å². The van der Waals surface area contributed by atoms with E-state index in [2.05, 4.69) is 5.32 Å². The van der Waals surface area contributed by atoms with Gasteiger partial charge < -0.3 is 10.4 Å². The summed E-state index contributed by atoms with van der Waals surface area (Å²) in [5.41, 5.74) is 0.539. The van der Waals surface area contributed by atoms with E-state index in [4.69, 9.17) is 16.7 Å². The van der Waals surface area contributed by atoms with Crippen LogP contribution in [0, 0.1) is 5.82 Å². The lowest BCUT2D eigenvalue weighted by Gasteiger charge is -2.25. The van der Waals surface area contributed by atoms with Crippen LogP contribution in [0.4, 0.5) is 4.39 Å². The van der Waals surface area contributed by atoms with Gasteiger partial charge in [-0.2, -0.15) is 0 Å². The molecule has 16 heavy (non-hydrogen) atoms. The maximum absolute atomic E-state index is 13.0. The molecule has 2 nitrogen and oxygen atoms in total. The molecule has 0 aliphatic heterocycles. The first-order valence-electron chi connectivity index (χ1n) is 5.24. The van der Waals surface area contributed by atoms with E-state index >= 15 is 0 Å². The Morgan fingerprint density at radius 3 is 2.75 bits per heavy atom. The van der Waals surface area contributed by atoms with E-state index in [0.29, 0.717) is 18.0 Å². The summed E-state index contributed by atoms with van der Waals surface area (Å²) in [6.45, 7) is 4.58. The minimum absolute atomic E-state index is 0.122. The Hall–Kier alpha value is -0.640. The summed E-state index contributed by atoms with van der Waals surface area (Å²) in [6, 6.07) is 4.31. The van der Waals surface area contributed by atoms with Gasteiger partial charge in [-0.25, -0.2) is 4.39 Å². The maximum Gasteiger partial charge on any atom is 0.123 e. The molecular formula is C12H17ClFNO. The van der Waals surface area contributed by atoms with E-state index in [0.717, 1.165) is 5.56 Å². The average molecular weight is 246 g/mol. The highest BCUT2D eigenvalue weighted by Gasteiger charge is 2.16. The van der Waals surface area contributed by atoms with Crippen molar-refractivity contribution in [3.05, 3.63) is 34.6 Å². The second-order valence-electron chi connectivity index (χ2n) is 4.45. The Morgan fingerprint density at radius 2 is 2.12 bits per heavy atom. The summed E-state index contributed by atoms with van der Waals surface area (Å²) in [5, 5.41) is 12.7. The topological polar surface area (TPSA) is 32.3 Å². The molecule has 0 amide bonds. The second kappa shape index (κ2) is 5.62. The maximum atomic E-state index is 13.0. The Morgan fingerprint density at radius 1 is 1.44 bits per heavy atom. The van der Waals surface area contributed by atoms with Crippen molar-refractivity contribution < 1.29 is 9.50 Å². The van der Waals surface area contributed by atoms with Gasteiger partial charge in [0.05, 0.1) is 0 Å². The molecule has 0 aliphatic carbocycles. The van der Waals surface area contributed by atoms with Crippen molar-refractivity contribution >= 4 is 11.6 Å². The predicted octanol–water partition coefficient (Wildman–Crippen LogP) is 2.73. The van der Waals surface area contributed by atoms with Crippen LogP contribution < -0.4 is 5.32 Å². The largest absolute Gasteiger partial charge is 0.396 e. The lowest BCUT2D eigenvalue weighted by atomic mass is 10.0. The van der Waals surface area contributed by atoms with Gasteiger partial charge in [0, 0.05) is 23.7 Å². The zero-order valence-electron chi connectivity index (χ0n) is 9.56. The van der Waals surface area contributed by atoms with E-state index in [1.165, 1.54) is 12.1 Å². The summed E-state index contributed by atoms with van der Waals surface area (Å²) in [4.78, 5) is 0. The molecule has 0 heterocycles. The molecule has 90 valence electrons. The number of rotatable bonds is 5. The summed E-state index contributed by atoms with van der Waals surface area (Å²) < 4.78 is 13.0. The standard InChI is InChI=1S/C12H17ClFNO/c1-12(2,5-6-16)15-8-9-7-10(14)3-4-11(9)13/h3-4,7,15-16H,5-6,8H2,1-2H3. The SMILES string of the molecule is CC(C)(CCO)NCc1cc(F)ccc1Cl. The Bertz CT molecular complexity index is 355. The lowest BCUT2D eigenvalue weighted by molar-refractivity contribution is 0.230. The normalized spacial score (nSPS) is 11.8. The Balaban J connectivity index is 2.63. The molecule has 1 rings (SSSR count). The fourth-order valence-electron chi connectivity index (χ4n) is 1.38. The molecule has 0 bridgehead atoms. The lowest BCUT2D eigenvalue weighted by Crippen LogP contribution is -2.39. The molecule has 0 radical (unpaired) electrons. The van der Waals surface area contributed by atoms with Crippen molar-refractivity contribution in [1.82, 2.24) is 5.32 Å². The summed E-state index contributed by atoms with van der Waals surface area (Å²) in [5.74, 6) is -0.291. The fourth-order valence-corrected chi connectivity index (χ4v) is 1.57. The molecule has 4 heteroatoms. The number of aliphatic hydroxyl groups is 1. The first kappa shape index (κ1) is 13.4. The fraction of sp³-hybridized carbons (Fsp3) is 0.500. The molecule has 0 unspecified atom stereocenters. The van der Waals surface area contributed by atoms with Gasteiger partial charge in [-0.15, -0.1) is 0 Å². The van der Waals surface area contributed by atoms with Crippen molar-refractivity contribution in [1.29, 1.82) is 0 Å². The summed E-state index contributed by atoms with van der Waals surface area (Å²) >= 11 is 5.95. The summed E-state index contributed by atoms with van der Waals surface area (Å²) in [7, 11) is 0. The van der Waals surface area contributed by atoms with Gasteiger partial charge in [-0.05, 0) is 44.0 Å². The van der Waals surface area contributed by atoms with Crippen molar-refractivity contribution in [2.24, 2.45) is 0 Å². The highest BCUT2D eigenvalue weighted by molar-refractivity contribution is 6.31. The highest BCUT2D eigenvalue weighted by Crippen LogP contribution is 2.18. The van der Waals surface area contributed by atoms with E-state index in [1.54, 1.807) is 6.07 Å². The molecule has 0 spiro atoms. The van der Waals surface area contributed by atoms with Crippen LogP contribution in [0.3, 0.4) is 0 Å². The third kappa shape index (κ3) is 4.08. The van der Waals surface area contributed by atoms with Crippen LogP contribution in [-0.4, -0.2) is 17.3 Å². The Kier molecular flexibility index (Phi) is 4.71. The molecule has 1 aromatic rings. The number of halogens is 2. The molecule has 2 N–H and O–H groups in total. The van der Waals surface area contributed by atoms with Gasteiger partial charge in [0.1, 0.15) is 5.82 Å². The van der Waals surface area contributed by atoms with E-state index in [-0.39, 0.29) is 18.0 Å². The molecule has 0 atom stereocenters. The monoisotopic (exact) mass is 245 g/mol. The Labute approximate surface area is 100 Å². The molecule has 0 fully saturated rings. The van der Waals surface area contributed by atoms with Crippen LogP contribution in [0.2, 0.25) is 5.02 Å². The van der Waals surface area contributed by atoms with Crippen LogP contribution in [-0.2, 0) is 6.54 Å². The minimum atomic E-state index is -0.291. The van der Waals surface area contributed by atoms with Gasteiger partial charge in [-0.1, -0.05) is 11.6 Å². The van der Waals surface area contributed by atoms with Gasteiger partial charge in [0.15, 0.2) is 0 Å². The van der Waals surface area contributed by atoms with Crippen LogP contribution in [0.15, 0.2) is 18.2 Å². The predicted molar refractivity (Wildman–Crippen MR) is 64.0 cm³/mol. The summed E-state index contributed by atoms with van der Waals surface area (Å²) in [6.07, 6.45) is 0.639. The molecule has 0 saturated carbocycles. The smallest absolute Gasteiger partial charge is 0.123 e. The average Bonchev–Trinajstić information content (AvgIpc) is 2.19. The van der Waals surface area contributed by atoms with Gasteiger partial charge >= 0.3 is 0 Å². The zero-order chi connectivity index (χ0) is 12.2. The molecule has 0 aromatic heterocycles. The molecule has 0 aliphatic rings. The van der Waals surface area contributed by atoms with Crippen LogP contribution >= 0.6 is 11.6 Å². The van der Waals surface area contributed by atoms with Crippen LogP contribution in [0.25, 0.3) is 0 Å². The second-order valence-corrected chi connectivity index (χ2v) is 4.85. The van der Waals surface area contributed by atoms with Crippen molar-refractivity contribution in [2.75, 3.05) is 6.61 Å². The molecule has 0 saturated heterocycles. The number of hydrogen-bond acceptors (Lipinski definition) is 2. The first-order valence-corrected chi connectivity index (χ1v) is 5.62. The van der Waals surface area contributed by atoms with Crippen LogP contribution in [0.5, 0.6) is 0 Å². The van der Waals surface area contributed by atoms with Gasteiger partial charge in [0.2, 0.25) is 0 Å².